The maximum atomic E-state index is 13.9. The standard InChI is InChI=1S/C25H26FN/c1-25(2,3)24(21-15-10-16-22(26)18-21)27-23(20-13-8-5-9-14-20)17-19-11-6-4-7-12-19/h4-16,18,23H,17H2,1-3H3. The fourth-order valence-corrected chi connectivity index (χ4v) is 3.24. The van der Waals surface area contributed by atoms with E-state index in [1.54, 1.807) is 12.1 Å². The van der Waals surface area contributed by atoms with Gasteiger partial charge in [0.1, 0.15) is 5.82 Å². The topological polar surface area (TPSA) is 12.4 Å². The van der Waals surface area contributed by atoms with E-state index in [1.165, 1.54) is 17.2 Å². The highest BCUT2D eigenvalue weighted by molar-refractivity contribution is 6.04. The predicted molar refractivity (Wildman–Crippen MR) is 112 cm³/mol. The SMILES string of the molecule is CC(C)(C)C(=NC(Cc1ccccc1)c1ccccc1)c1cccc(F)c1. The van der Waals surface area contributed by atoms with Gasteiger partial charge in [-0.15, -0.1) is 0 Å². The summed E-state index contributed by atoms with van der Waals surface area (Å²) >= 11 is 0. The summed E-state index contributed by atoms with van der Waals surface area (Å²) < 4.78 is 13.9. The summed E-state index contributed by atoms with van der Waals surface area (Å²) in [5.74, 6) is -0.233. The molecule has 0 saturated carbocycles. The van der Waals surface area contributed by atoms with Crippen molar-refractivity contribution in [3.63, 3.8) is 0 Å². The van der Waals surface area contributed by atoms with E-state index in [2.05, 4.69) is 57.2 Å². The molecule has 138 valence electrons. The molecule has 0 amide bonds. The average molecular weight is 359 g/mol. The normalized spacial score (nSPS) is 13.4. The molecule has 0 N–H and O–H groups in total. The van der Waals surface area contributed by atoms with Crippen molar-refractivity contribution in [1.29, 1.82) is 0 Å². The minimum atomic E-state index is -0.233. The second-order valence-electron chi connectivity index (χ2n) is 7.85. The van der Waals surface area contributed by atoms with Crippen LogP contribution in [0.1, 0.15) is 43.5 Å². The lowest BCUT2D eigenvalue weighted by Crippen LogP contribution is -2.23. The van der Waals surface area contributed by atoms with Gasteiger partial charge in [0, 0.05) is 11.1 Å². The zero-order valence-electron chi connectivity index (χ0n) is 16.2. The fraction of sp³-hybridized carbons (Fsp3) is 0.240. The molecule has 1 nitrogen and oxygen atoms in total. The van der Waals surface area contributed by atoms with Crippen molar-refractivity contribution in [3.8, 4) is 0 Å². The number of aliphatic imine (C=N–C) groups is 1. The summed E-state index contributed by atoms with van der Waals surface area (Å²) in [7, 11) is 0. The molecule has 0 aliphatic rings. The first-order chi connectivity index (χ1) is 12.9. The molecule has 3 aromatic carbocycles. The average Bonchev–Trinajstić information content (AvgIpc) is 2.65. The van der Waals surface area contributed by atoms with Crippen LogP contribution in [0.5, 0.6) is 0 Å². The highest BCUT2D eigenvalue weighted by atomic mass is 19.1. The largest absolute Gasteiger partial charge is 0.280 e. The number of hydrogen-bond donors (Lipinski definition) is 0. The monoisotopic (exact) mass is 359 g/mol. The van der Waals surface area contributed by atoms with Crippen molar-refractivity contribution in [2.24, 2.45) is 10.4 Å². The van der Waals surface area contributed by atoms with Crippen molar-refractivity contribution in [1.82, 2.24) is 0 Å². The molecule has 0 aliphatic carbocycles. The molecule has 0 aliphatic heterocycles. The molecule has 0 saturated heterocycles. The van der Waals surface area contributed by atoms with Crippen LogP contribution in [0.3, 0.4) is 0 Å². The number of hydrogen-bond acceptors (Lipinski definition) is 1. The smallest absolute Gasteiger partial charge is 0.123 e. The highest BCUT2D eigenvalue weighted by Crippen LogP contribution is 2.29. The van der Waals surface area contributed by atoms with E-state index in [0.29, 0.717) is 0 Å². The van der Waals surface area contributed by atoms with Crippen molar-refractivity contribution < 1.29 is 4.39 Å². The molecule has 0 radical (unpaired) electrons. The van der Waals surface area contributed by atoms with Crippen LogP contribution >= 0.6 is 0 Å². The number of nitrogens with zero attached hydrogens (tertiary/aromatic N) is 1. The first kappa shape index (κ1) is 19.0. The third-order valence-corrected chi connectivity index (χ3v) is 4.55. The Hall–Kier alpha value is -2.74. The molecule has 2 heteroatoms. The third-order valence-electron chi connectivity index (χ3n) is 4.55. The van der Waals surface area contributed by atoms with Crippen LogP contribution in [0.25, 0.3) is 0 Å². The van der Waals surface area contributed by atoms with Gasteiger partial charge in [-0.3, -0.25) is 4.99 Å². The lowest BCUT2D eigenvalue weighted by atomic mass is 9.84. The van der Waals surface area contributed by atoms with Gasteiger partial charge in [-0.1, -0.05) is 93.6 Å². The molecule has 27 heavy (non-hydrogen) atoms. The van der Waals surface area contributed by atoms with Gasteiger partial charge in [-0.05, 0) is 35.2 Å². The Labute approximate surface area is 161 Å². The quantitative estimate of drug-likeness (QED) is 0.453. The Bertz CT molecular complexity index is 892. The minimum absolute atomic E-state index is 0.0221. The highest BCUT2D eigenvalue weighted by Gasteiger charge is 2.23. The van der Waals surface area contributed by atoms with E-state index in [0.717, 1.165) is 17.7 Å². The van der Waals surface area contributed by atoms with E-state index < -0.39 is 0 Å². The van der Waals surface area contributed by atoms with Crippen molar-refractivity contribution in [3.05, 3.63) is 107 Å². The van der Waals surface area contributed by atoms with Gasteiger partial charge < -0.3 is 0 Å². The van der Waals surface area contributed by atoms with Crippen LogP contribution in [0.2, 0.25) is 0 Å². The lowest BCUT2D eigenvalue weighted by molar-refractivity contribution is 0.577. The van der Waals surface area contributed by atoms with E-state index in [1.807, 2.05) is 30.3 Å². The summed E-state index contributed by atoms with van der Waals surface area (Å²) in [6.45, 7) is 6.38. The van der Waals surface area contributed by atoms with Crippen LogP contribution in [0, 0.1) is 11.2 Å². The molecular weight excluding hydrogens is 333 g/mol. The second-order valence-corrected chi connectivity index (χ2v) is 7.85. The number of halogens is 1. The van der Waals surface area contributed by atoms with Crippen LogP contribution in [-0.4, -0.2) is 5.71 Å². The van der Waals surface area contributed by atoms with Crippen LogP contribution in [0.15, 0.2) is 89.9 Å². The second kappa shape index (κ2) is 8.30. The fourth-order valence-electron chi connectivity index (χ4n) is 3.24. The third kappa shape index (κ3) is 5.13. The first-order valence-electron chi connectivity index (χ1n) is 9.36. The summed E-state index contributed by atoms with van der Waals surface area (Å²) in [6.07, 6.45) is 0.805. The Morgan fingerprint density at radius 3 is 2.07 bits per heavy atom. The maximum absolute atomic E-state index is 13.9. The van der Waals surface area contributed by atoms with Gasteiger partial charge in [0.2, 0.25) is 0 Å². The molecule has 3 aromatic rings. The van der Waals surface area contributed by atoms with Gasteiger partial charge in [0.05, 0.1) is 6.04 Å². The van der Waals surface area contributed by atoms with Crippen molar-refractivity contribution >= 4 is 5.71 Å². The Morgan fingerprint density at radius 1 is 0.852 bits per heavy atom. The van der Waals surface area contributed by atoms with Gasteiger partial charge in [0.25, 0.3) is 0 Å². The van der Waals surface area contributed by atoms with E-state index in [9.17, 15) is 4.39 Å². The zero-order chi connectivity index (χ0) is 19.3. The molecule has 0 heterocycles. The summed E-state index contributed by atoms with van der Waals surface area (Å²) in [5, 5.41) is 0. The Kier molecular flexibility index (Phi) is 5.85. The maximum Gasteiger partial charge on any atom is 0.123 e. The first-order valence-corrected chi connectivity index (χ1v) is 9.36. The molecule has 3 rings (SSSR count). The van der Waals surface area contributed by atoms with Crippen LogP contribution in [-0.2, 0) is 6.42 Å². The summed E-state index contributed by atoms with van der Waals surface area (Å²) in [5.41, 5.74) is 3.97. The minimum Gasteiger partial charge on any atom is -0.280 e. The molecule has 1 unspecified atom stereocenters. The van der Waals surface area contributed by atoms with Gasteiger partial charge in [-0.25, -0.2) is 4.39 Å². The number of benzene rings is 3. The van der Waals surface area contributed by atoms with E-state index >= 15 is 0 Å². The Morgan fingerprint density at radius 2 is 1.48 bits per heavy atom. The molecule has 1 atom stereocenters. The molecule has 0 bridgehead atoms. The molecular formula is C25H26FN. The summed E-state index contributed by atoms with van der Waals surface area (Å²) in [6, 6.07) is 27.4. The van der Waals surface area contributed by atoms with E-state index in [-0.39, 0.29) is 17.3 Å². The molecule has 0 aromatic heterocycles. The molecule has 0 spiro atoms. The van der Waals surface area contributed by atoms with Crippen molar-refractivity contribution in [2.45, 2.75) is 33.2 Å². The predicted octanol–water partition coefficient (Wildman–Crippen LogP) is 6.64. The summed E-state index contributed by atoms with van der Waals surface area (Å²) in [4.78, 5) is 5.17. The zero-order valence-corrected chi connectivity index (χ0v) is 16.2. The van der Waals surface area contributed by atoms with Gasteiger partial charge >= 0.3 is 0 Å². The van der Waals surface area contributed by atoms with Crippen LogP contribution < -0.4 is 0 Å². The Balaban J connectivity index is 2.08. The van der Waals surface area contributed by atoms with Gasteiger partial charge in [-0.2, -0.15) is 0 Å². The number of rotatable bonds is 5. The van der Waals surface area contributed by atoms with Gasteiger partial charge in [0.15, 0.2) is 0 Å². The van der Waals surface area contributed by atoms with E-state index in [4.69, 9.17) is 4.99 Å². The van der Waals surface area contributed by atoms with Crippen LogP contribution in [0.4, 0.5) is 4.39 Å². The van der Waals surface area contributed by atoms with Crippen molar-refractivity contribution in [2.75, 3.05) is 0 Å². The molecule has 0 fully saturated rings. The lowest BCUT2D eigenvalue weighted by Gasteiger charge is -2.25.